The molecule has 0 amide bonds. The van der Waals surface area contributed by atoms with Crippen molar-refractivity contribution in [1.82, 2.24) is 4.72 Å². The Hall–Kier alpha value is 0.340. The third-order valence-corrected chi connectivity index (χ3v) is 6.82. The first-order valence-corrected chi connectivity index (χ1v) is 8.88. The summed E-state index contributed by atoms with van der Waals surface area (Å²) in [6, 6.07) is 1.65. The fourth-order valence-corrected chi connectivity index (χ4v) is 5.96. The average molecular weight is 390 g/mol. The summed E-state index contributed by atoms with van der Waals surface area (Å²) in [5, 5.41) is 0. The zero-order valence-corrected chi connectivity index (χ0v) is 14.8. The molecule has 4 nitrogen and oxygen atoms in total. The molecule has 1 heterocycles. The van der Waals surface area contributed by atoms with Crippen molar-refractivity contribution in [2.45, 2.75) is 37.1 Å². The zero-order valence-electron chi connectivity index (χ0n) is 10.8. The first-order chi connectivity index (χ1) is 8.28. The normalized spacial score (nSPS) is 18.7. The van der Waals surface area contributed by atoms with Crippen LogP contribution in [-0.2, 0) is 10.0 Å². The van der Waals surface area contributed by atoms with Crippen LogP contribution in [0.2, 0.25) is 0 Å². The Bertz CT molecular complexity index is 557. The molecule has 1 saturated carbocycles. The second-order valence-corrected chi connectivity index (χ2v) is 9.26. The quantitative estimate of drug-likeness (QED) is 0.813. The monoisotopic (exact) mass is 388 g/mol. The average Bonchev–Trinajstić information content (AvgIpc) is 3.04. The van der Waals surface area contributed by atoms with E-state index in [0.717, 1.165) is 21.5 Å². The van der Waals surface area contributed by atoms with Crippen LogP contribution in [0.25, 0.3) is 0 Å². The molecule has 3 N–H and O–H groups in total. The first kappa shape index (κ1) is 17.4. The lowest BCUT2D eigenvalue weighted by atomic mass is 9.98. The van der Waals surface area contributed by atoms with E-state index in [1.54, 1.807) is 13.0 Å². The van der Waals surface area contributed by atoms with Gasteiger partial charge in [-0.25, -0.2) is 13.1 Å². The number of rotatable bonds is 5. The van der Waals surface area contributed by atoms with Crippen LogP contribution in [0.1, 0.15) is 24.6 Å². The number of halogens is 2. The summed E-state index contributed by atoms with van der Waals surface area (Å²) in [6.45, 7) is 4.01. The van der Waals surface area contributed by atoms with Gasteiger partial charge in [0.1, 0.15) is 0 Å². The number of nitrogens with one attached hydrogen (secondary N) is 1. The summed E-state index contributed by atoms with van der Waals surface area (Å²) >= 11 is 4.73. The topological polar surface area (TPSA) is 72.2 Å². The second kappa shape index (κ2) is 5.99. The summed E-state index contributed by atoms with van der Waals surface area (Å²) in [6.07, 6.45) is 2.09. The van der Waals surface area contributed by atoms with Gasteiger partial charge in [-0.1, -0.05) is 0 Å². The summed E-state index contributed by atoms with van der Waals surface area (Å²) < 4.78 is 28.4. The zero-order chi connectivity index (χ0) is 13.6. The highest BCUT2D eigenvalue weighted by Gasteiger charge is 2.43. The van der Waals surface area contributed by atoms with Crippen LogP contribution in [0.5, 0.6) is 0 Å². The molecule has 1 aliphatic rings. The van der Waals surface area contributed by atoms with Gasteiger partial charge in [-0.15, -0.1) is 23.7 Å². The third-order valence-electron chi connectivity index (χ3n) is 3.40. The predicted octanol–water partition coefficient (Wildman–Crippen LogP) is 2.65. The Morgan fingerprint density at radius 3 is 2.53 bits per heavy atom. The van der Waals surface area contributed by atoms with Crippen molar-refractivity contribution < 1.29 is 8.42 Å². The van der Waals surface area contributed by atoms with E-state index >= 15 is 0 Å². The number of sulfonamides is 1. The lowest BCUT2D eigenvalue weighted by Crippen LogP contribution is -2.52. The van der Waals surface area contributed by atoms with Crippen molar-refractivity contribution >= 4 is 49.7 Å². The van der Waals surface area contributed by atoms with Gasteiger partial charge in [0.2, 0.25) is 10.0 Å². The van der Waals surface area contributed by atoms with Gasteiger partial charge in [0, 0.05) is 17.0 Å². The van der Waals surface area contributed by atoms with Gasteiger partial charge >= 0.3 is 0 Å². The van der Waals surface area contributed by atoms with Crippen molar-refractivity contribution in [1.29, 1.82) is 0 Å². The maximum Gasteiger partial charge on any atom is 0.242 e. The molecular weight excluding hydrogens is 372 g/mol. The van der Waals surface area contributed by atoms with Gasteiger partial charge in [-0.2, -0.15) is 0 Å². The van der Waals surface area contributed by atoms with Crippen molar-refractivity contribution in [2.75, 3.05) is 6.54 Å². The molecule has 110 valence electrons. The maximum atomic E-state index is 12.4. The van der Waals surface area contributed by atoms with Crippen molar-refractivity contribution in [2.24, 2.45) is 11.7 Å². The van der Waals surface area contributed by atoms with E-state index < -0.39 is 15.6 Å². The Morgan fingerprint density at radius 2 is 2.16 bits per heavy atom. The van der Waals surface area contributed by atoms with E-state index in [0.29, 0.717) is 17.4 Å². The Morgan fingerprint density at radius 1 is 1.58 bits per heavy atom. The van der Waals surface area contributed by atoms with Gasteiger partial charge in [-0.3, -0.25) is 0 Å². The molecule has 1 fully saturated rings. The van der Waals surface area contributed by atoms with Crippen LogP contribution in [0.15, 0.2) is 14.7 Å². The van der Waals surface area contributed by atoms with Crippen LogP contribution in [0, 0.1) is 12.8 Å². The molecule has 0 bridgehead atoms. The van der Waals surface area contributed by atoms with Crippen LogP contribution in [-0.4, -0.2) is 20.5 Å². The van der Waals surface area contributed by atoms with Gasteiger partial charge in [0.05, 0.1) is 8.68 Å². The number of aryl methyl sites for hydroxylation is 1. The van der Waals surface area contributed by atoms with Crippen molar-refractivity contribution in [3.8, 4) is 0 Å². The number of hydrogen-bond donors (Lipinski definition) is 2. The van der Waals surface area contributed by atoms with E-state index in [4.69, 9.17) is 5.73 Å². The molecule has 0 aromatic carbocycles. The number of nitrogens with two attached hydrogens (primary N) is 1. The summed E-state index contributed by atoms with van der Waals surface area (Å²) in [5.74, 6) is 0.361. The van der Waals surface area contributed by atoms with Gasteiger partial charge in [-0.05, 0) is 54.6 Å². The summed E-state index contributed by atoms with van der Waals surface area (Å²) in [4.78, 5) is 1.13. The highest BCUT2D eigenvalue weighted by molar-refractivity contribution is 9.11. The minimum absolute atomic E-state index is 0. The molecule has 0 saturated heterocycles. The van der Waals surface area contributed by atoms with Crippen molar-refractivity contribution in [3.05, 3.63) is 14.7 Å². The maximum absolute atomic E-state index is 12.4. The van der Waals surface area contributed by atoms with Crippen molar-refractivity contribution in [3.63, 3.8) is 0 Å². The third kappa shape index (κ3) is 3.71. The molecule has 19 heavy (non-hydrogen) atoms. The smallest absolute Gasteiger partial charge is 0.242 e. The van der Waals surface area contributed by atoms with Crippen LogP contribution in [0.3, 0.4) is 0 Å². The predicted molar refractivity (Wildman–Crippen MR) is 84.5 cm³/mol. The summed E-state index contributed by atoms with van der Waals surface area (Å²) in [7, 11) is -3.49. The fourth-order valence-electron chi connectivity index (χ4n) is 2.07. The Balaban J connectivity index is 0.00000180. The van der Waals surface area contributed by atoms with Gasteiger partial charge < -0.3 is 5.73 Å². The standard InChI is InChI=1S/C11H17BrN2O2S2.ClH/c1-7-9(5-10(12)17-7)18(15,16)14-11(2,6-13)8-3-4-8;/h5,8,14H,3-4,6,13H2,1-2H3;1H. The highest BCUT2D eigenvalue weighted by atomic mass is 79.9. The van der Waals surface area contributed by atoms with Crippen LogP contribution < -0.4 is 10.5 Å². The van der Waals surface area contributed by atoms with E-state index in [2.05, 4.69) is 20.7 Å². The lowest BCUT2D eigenvalue weighted by molar-refractivity contribution is 0.374. The van der Waals surface area contributed by atoms with E-state index in [1.165, 1.54) is 11.3 Å². The largest absolute Gasteiger partial charge is 0.329 e. The van der Waals surface area contributed by atoms with E-state index in [-0.39, 0.29) is 12.4 Å². The minimum Gasteiger partial charge on any atom is -0.329 e. The molecule has 1 aromatic heterocycles. The Labute approximate surface area is 132 Å². The van der Waals surface area contributed by atoms with E-state index in [9.17, 15) is 8.42 Å². The lowest BCUT2D eigenvalue weighted by Gasteiger charge is -2.29. The molecule has 1 atom stereocenters. The minimum atomic E-state index is -3.49. The molecule has 8 heteroatoms. The molecule has 1 unspecified atom stereocenters. The summed E-state index contributed by atoms with van der Waals surface area (Å²) in [5.41, 5.74) is 5.21. The fraction of sp³-hybridized carbons (Fsp3) is 0.636. The van der Waals surface area contributed by atoms with Gasteiger partial charge in [0.15, 0.2) is 0 Å². The SMILES string of the molecule is Cc1sc(Br)cc1S(=O)(=O)NC(C)(CN)C1CC1.Cl. The molecule has 1 aromatic rings. The number of thiophene rings is 1. The molecule has 0 radical (unpaired) electrons. The Kier molecular flexibility index (Phi) is 5.48. The first-order valence-electron chi connectivity index (χ1n) is 5.78. The number of hydrogen-bond acceptors (Lipinski definition) is 4. The van der Waals surface area contributed by atoms with Crippen LogP contribution in [0.4, 0.5) is 0 Å². The van der Waals surface area contributed by atoms with Gasteiger partial charge in [0.25, 0.3) is 0 Å². The second-order valence-electron chi connectivity index (χ2n) is 4.97. The molecule has 0 aliphatic heterocycles. The molecule has 1 aliphatic carbocycles. The molecule has 0 spiro atoms. The van der Waals surface area contributed by atoms with Crippen LogP contribution >= 0.6 is 39.7 Å². The molecule has 2 rings (SSSR count). The highest BCUT2D eigenvalue weighted by Crippen LogP contribution is 2.40. The van der Waals surface area contributed by atoms with E-state index in [1.807, 2.05) is 6.92 Å². The molecular formula is C11H18BrClN2O2S2.